The summed E-state index contributed by atoms with van der Waals surface area (Å²) >= 11 is 3.52. The highest BCUT2D eigenvalue weighted by Gasteiger charge is 2.12. The van der Waals surface area contributed by atoms with Crippen molar-refractivity contribution in [3.63, 3.8) is 0 Å². The predicted molar refractivity (Wildman–Crippen MR) is 66.4 cm³/mol. The molecule has 0 aliphatic heterocycles. The molecular weight excluding hydrogens is 276 g/mol. The van der Waals surface area contributed by atoms with Crippen LogP contribution in [0.3, 0.4) is 0 Å². The number of hydrogen-bond donors (Lipinski definition) is 0. The summed E-state index contributed by atoms with van der Waals surface area (Å²) in [5.74, 6) is 0.374. The van der Waals surface area contributed by atoms with E-state index in [1.54, 1.807) is 12.1 Å². The molecule has 0 N–H and O–H groups in total. The lowest BCUT2D eigenvalue weighted by atomic mass is 9.99. The highest BCUT2D eigenvalue weighted by Crippen LogP contribution is 2.25. The molecule has 4 heteroatoms. The Kier molecular flexibility index (Phi) is 3.95. The minimum Gasteiger partial charge on any atom is -0.224 e. The van der Waals surface area contributed by atoms with Crippen LogP contribution in [-0.4, -0.2) is 19.5 Å². The first kappa shape index (κ1) is 12.7. The summed E-state index contributed by atoms with van der Waals surface area (Å²) in [7, 11) is -3.08. The Bertz CT molecular complexity index is 420. The zero-order chi connectivity index (χ0) is 11.6. The maximum Gasteiger partial charge on any atom is 0.175 e. The normalized spacial score (nSPS) is 16.0. The monoisotopic (exact) mass is 290 g/mol. The van der Waals surface area contributed by atoms with Gasteiger partial charge in [-0.05, 0) is 23.6 Å². The number of halogens is 1. The first-order valence-corrected chi connectivity index (χ1v) is 7.57. The number of alkyl halides is 1. The lowest BCUT2D eigenvalue weighted by Crippen LogP contribution is -2.05. The van der Waals surface area contributed by atoms with Gasteiger partial charge in [-0.15, -0.1) is 0 Å². The first-order valence-electron chi connectivity index (χ1n) is 4.76. The van der Waals surface area contributed by atoms with Gasteiger partial charge in [0, 0.05) is 11.1 Å². The van der Waals surface area contributed by atoms with E-state index in [-0.39, 0.29) is 0 Å². The van der Waals surface area contributed by atoms with Crippen LogP contribution in [0.1, 0.15) is 25.3 Å². The van der Waals surface area contributed by atoms with E-state index in [1.807, 2.05) is 12.1 Å². The molecule has 0 aliphatic carbocycles. The highest BCUT2D eigenvalue weighted by molar-refractivity contribution is 9.09. The maximum atomic E-state index is 11.2. The van der Waals surface area contributed by atoms with E-state index in [0.717, 1.165) is 5.56 Å². The lowest BCUT2D eigenvalue weighted by Gasteiger charge is -2.14. The average Bonchev–Trinajstić information content (AvgIpc) is 2.15. The van der Waals surface area contributed by atoms with Crippen LogP contribution in [0.25, 0.3) is 0 Å². The Hall–Kier alpha value is -0.350. The molecule has 0 saturated heterocycles. The van der Waals surface area contributed by atoms with Gasteiger partial charge in [0.05, 0.1) is 4.90 Å². The smallest absolute Gasteiger partial charge is 0.175 e. The van der Waals surface area contributed by atoms with Crippen molar-refractivity contribution in [2.45, 2.75) is 29.5 Å². The zero-order valence-electron chi connectivity index (χ0n) is 9.07. The molecule has 0 spiro atoms. The molecule has 0 amide bonds. The molecular formula is C11H15BrO2S. The fourth-order valence-corrected chi connectivity index (χ4v) is 2.22. The fraction of sp³-hybridized carbons (Fsp3) is 0.455. The van der Waals surface area contributed by atoms with Crippen LogP contribution in [0.4, 0.5) is 0 Å². The van der Waals surface area contributed by atoms with Crippen LogP contribution in [0.15, 0.2) is 29.2 Å². The van der Waals surface area contributed by atoms with Crippen LogP contribution in [-0.2, 0) is 9.84 Å². The van der Waals surface area contributed by atoms with Gasteiger partial charge in [-0.3, -0.25) is 0 Å². The van der Waals surface area contributed by atoms with Gasteiger partial charge in [0.25, 0.3) is 0 Å². The average molecular weight is 291 g/mol. The van der Waals surface area contributed by atoms with Crippen LogP contribution in [0.2, 0.25) is 0 Å². The fourth-order valence-electron chi connectivity index (χ4n) is 1.28. The van der Waals surface area contributed by atoms with E-state index >= 15 is 0 Å². The molecule has 0 bridgehead atoms. The summed E-state index contributed by atoms with van der Waals surface area (Å²) < 4.78 is 22.5. The first-order chi connectivity index (χ1) is 6.82. The van der Waals surface area contributed by atoms with Gasteiger partial charge in [-0.2, -0.15) is 0 Å². The Labute approximate surface area is 99.7 Å². The van der Waals surface area contributed by atoms with E-state index in [2.05, 4.69) is 29.8 Å². The standard InChI is InChI=1S/C11H15BrO2S/c1-8(9(2)12)10-4-6-11(7-5-10)15(3,13)14/h4-9H,1-3H3. The summed E-state index contributed by atoms with van der Waals surface area (Å²) in [6.07, 6.45) is 1.22. The van der Waals surface area contributed by atoms with Gasteiger partial charge < -0.3 is 0 Å². The SMILES string of the molecule is CC(Br)C(C)c1ccc(S(C)(=O)=O)cc1. The van der Waals surface area contributed by atoms with Crippen LogP contribution in [0, 0.1) is 0 Å². The molecule has 2 unspecified atom stereocenters. The molecule has 0 fully saturated rings. The van der Waals surface area contributed by atoms with Crippen molar-refractivity contribution in [1.82, 2.24) is 0 Å². The summed E-state index contributed by atoms with van der Waals surface area (Å²) in [6.45, 7) is 4.18. The topological polar surface area (TPSA) is 34.1 Å². The second-order valence-electron chi connectivity index (χ2n) is 3.81. The lowest BCUT2D eigenvalue weighted by molar-refractivity contribution is 0.602. The van der Waals surface area contributed by atoms with Gasteiger partial charge in [0.1, 0.15) is 0 Å². The largest absolute Gasteiger partial charge is 0.224 e. The molecule has 0 heterocycles. The van der Waals surface area contributed by atoms with Gasteiger partial charge in [0.15, 0.2) is 9.84 Å². The van der Waals surface area contributed by atoms with Crippen molar-refractivity contribution in [3.8, 4) is 0 Å². The molecule has 1 rings (SSSR count). The van der Waals surface area contributed by atoms with E-state index in [1.165, 1.54) is 6.26 Å². The molecule has 0 radical (unpaired) electrons. The second kappa shape index (κ2) is 4.66. The molecule has 84 valence electrons. The van der Waals surface area contributed by atoms with Crippen molar-refractivity contribution in [1.29, 1.82) is 0 Å². The van der Waals surface area contributed by atoms with E-state index in [9.17, 15) is 8.42 Å². The van der Waals surface area contributed by atoms with E-state index in [4.69, 9.17) is 0 Å². The molecule has 1 aromatic rings. The number of sulfone groups is 1. The number of hydrogen-bond acceptors (Lipinski definition) is 2. The predicted octanol–water partition coefficient (Wildman–Crippen LogP) is 2.98. The van der Waals surface area contributed by atoms with Gasteiger partial charge in [-0.1, -0.05) is 41.9 Å². The third-order valence-electron chi connectivity index (χ3n) is 2.52. The molecule has 1 aromatic carbocycles. The Morgan fingerprint density at radius 2 is 1.60 bits per heavy atom. The maximum absolute atomic E-state index is 11.2. The van der Waals surface area contributed by atoms with Crippen molar-refractivity contribution in [3.05, 3.63) is 29.8 Å². The minimum atomic E-state index is -3.08. The molecule has 2 atom stereocenters. The van der Waals surface area contributed by atoms with Gasteiger partial charge in [0.2, 0.25) is 0 Å². The number of benzene rings is 1. The second-order valence-corrected chi connectivity index (χ2v) is 7.27. The number of rotatable bonds is 3. The summed E-state index contributed by atoms with van der Waals surface area (Å²) in [5, 5.41) is 0. The Morgan fingerprint density at radius 3 is 1.93 bits per heavy atom. The highest BCUT2D eigenvalue weighted by atomic mass is 79.9. The van der Waals surface area contributed by atoms with Crippen molar-refractivity contribution in [2.75, 3.05) is 6.26 Å². The third-order valence-corrected chi connectivity index (χ3v) is 4.44. The summed E-state index contributed by atoms with van der Waals surface area (Å²) in [5.41, 5.74) is 1.15. The van der Waals surface area contributed by atoms with E-state index < -0.39 is 9.84 Å². The summed E-state index contributed by atoms with van der Waals surface area (Å²) in [6, 6.07) is 7.07. The zero-order valence-corrected chi connectivity index (χ0v) is 11.5. The van der Waals surface area contributed by atoms with Crippen LogP contribution < -0.4 is 0 Å². The van der Waals surface area contributed by atoms with Gasteiger partial charge >= 0.3 is 0 Å². The van der Waals surface area contributed by atoms with Crippen molar-refractivity contribution < 1.29 is 8.42 Å². The van der Waals surface area contributed by atoms with Crippen molar-refractivity contribution in [2.24, 2.45) is 0 Å². The molecule has 2 nitrogen and oxygen atoms in total. The van der Waals surface area contributed by atoms with Gasteiger partial charge in [-0.25, -0.2) is 8.42 Å². The molecule has 15 heavy (non-hydrogen) atoms. The minimum absolute atomic E-state index is 0.374. The summed E-state index contributed by atoms with van der Waals surface area (Å²) in [4.78, 5) is 0.752. The Morgan fingerprint density at radius 1 is 1.13 bits per heavy atom. The quantitative estimate of drug-likeness (QED) is 0.802. The molecule has 0 aliphatic rings. The third kappa shape index (κ3) is 3.31. The molecule has 0 saturated carbocycles. The van der Waals surface area contributed by atoms with E-state index in [0.29, 0.717) is 15.6 Å². The Balaban J connectivity index is 3.01. The van der Waals surface area contributed by atoms with Crippen molar-refractivity contribution >= 4 is 25.8 Å². The van der Waals surface area contributed by atoms with Crippen LogP contribution in [0.5, 0.6) is 0 Å². The molecule has 0 aromatic heterocycles. The van der Waals surface area contributed by atoms with Crippen LogP contribution >= 0.6 is 15.9 Å².